The molecule has 2 amide bonds. The average molecular weight is 357 g/mol. The molecule has 0 unspecified atom stereocenters. The summed E-state index contributed by atoms with van der Waals surface area (Å²) in [5.41, 5.74) is -1.05. The summed E-state index contributed by atoms with van der Waals surface area (Å²) in [5.74, 6) is -0.793. The number of carbonyl (C=O) groups excluding carboxylic acids is 2. The molecule has 2 N–H and O–H groups in total. The Hall–Kier alpha value is -3.11. The van der Waals surface area contributed by atoms with Crippen molar-refractivity contribution in [1.29, 1.82) is 0 Å². The Balaban J connectivity index is 2.11. The third kappa shape index (κ3) is 4.93. The van der Waals surface area contributed by atoms with Crippen LogP contribution in [0.4, 0.5) is 24.7 Å². The summed E-state index contributed by atoms with van der Waals surface area (Å²) >= 11 is 0. The molecule has 0 aliphatic rings. The number of anilines is 2. The molecule has 0 saturated heterocycles. The number of amides is 2. The Morgan fingerprint density at radius 3 is 2.60 bits per heavy atom. The second-order valence-corrected chi connectivity index (χ2v) is 4.90. The second kappa shape index (κ2) is 7.20. The molecule has 0 bridgehead atoms. The summed E-state index contributed by atoms with van der Waals surface area (Å²) in [6, 6.07) is 2.73. The van der Waals surface area contributed by atoms with Crippen LogP contribution in [-0.2, 0) is 22.3 Å². The Morgan fingerprint density at radius 1 is 1.28 bits per heavy atom. The maximum Gasteiger partial charge on any atom is 0.416 e. The minimum atomic E-state index is -4.55. The summed E-state index contributed by atoms with van der Waals surface area (Å²) in [4.78, 5) is 23.9. The van der Waals surface area contributed by atoms with Crippen LogP contribution in [0.15, 0.2) is 24.4 Å². The molecule has 1 aromatic carbocycles. The highest BCUT2D eigenvalue weighted by Crippen LogP contribution is 2.34. The second-order valence-electron chi connectivity index (χ2n) is 4.90. The number of halogens is 3. The van der Waals surface area contributed by atoms with Crippen molar-refractivity contribution in [1.82, 2.24) is 15.0 Å². The molecule has 0 atom stereocenters. The van der Waals surface area contributed by atoms with Crippen molar-refractivity contribution in [3.63, 3.8) is 0 Å². The van der Waals surface area contributed by atoms with Crippen molar-refractivity contribution in [3.05, 3.63) is 30.0 Å². The Bertz CT molecular complexity index is 788. The van der Waals surface area contributed by atoms with E-state index in [2.05, 4.69) is 20.8 Å². The standard InChI is InChI=1S/C14H14F3N5O3/c1-8(23)19-12-6-18-22(21-12)7-13(24)20-10-5-9(14(15,16)17)3-4-11(10)25-2/h3-6H,7H2,1-2H3,(H,20,24)(H,19,21,23). The smallest absolute Gasteiger partial charge is 0.416 e. The van der Waals surface area contributed by atoms with Gasteiger partial charge in [0.25, 0.3) is 0 Å². The Morgan fingerprint density at radius 2 is 2.00 bits per heavy atom. The van der Waals surface area contributed by atoms with E-state index in [1.54, 1.807) is 0 Å². The molecule has 0 aliphatic carbocycles. The third-order valence-electron chi connectivity index (χ3n) is 2.93. The van der Waals surface area contributed by atoms with E-state index in [0.717, 1.165) is 23.0 Å². The van der Waals surface area contributed by atoms with Crippen LogP contribution in [-0.4, -0.2) is 33.9 Å². The van der Waals surface area contributed by atoms with Gasteiger partial charge >= 0.3 is 6.18 Å². The van der Waals surface area contributed by atoms with Crippen LogP contribution < -0.4 is 15.4 Å². The van der Waals surface area contributed by atoms with Gasteiger partial charge in [-0.2, -0.15) is 23.1 Å². The fourth-order valence-corrected chi connectivity index (χ4v) is 1.91. The van der Waals surface area contributed by atoms with Crippen LogP contribution in [0.2, 0.25) is 0 Å². The summed E-state index contributed by atoms with van der Waals surface area (Å²) < 4.78 is 43.3. The van der Waals surface area contributed by atoms with E-state index >= 15 is 0 Å². The highest BCUT2D eigenvalue weighted by atomic mass is 19.4. The molecule has 0 radical (unpaired) electrons. The number of rotatable bonds is 5. The molecule has 8 nitrogen and oxygen atoms in total. The van der Waals surface area contributed by atoms with Crippen LogP contribution in [0.3, 0.4) is 0 Å². The van der Waals surface area contributed by atoms with E-state index in [4.69, 9.17) is 4.74 Å². The van der Waals surface area contributed by atoms with E-state index in [1.807, 2.05) is 0 Å². The van der Waals surface area contributed by atoms with Crippen LogP contribution in [0.1, 0.15) is 12.5 Å². The molecule has 0 fully saturated rings. The van der Waals surface area contributed by atoms with Gasteiger partial charge in [0.1, 0.15) is 12.3 Å². The normalized spacial score (nSPS) is 11.1. The number of nitrogens with one attached hydrogen (secondary N) is 2. The van der Waals surface area contributed by atoms with Crippen LogP contribution in [0.5, 0.6) is 5.75 Å². The van der Waals surface area contributed by atoms with Gasteiger partial charge in [0.05, 0.1) is 24.6 Å². The highest BCUT2D eigenvalue weighted by Gasteiger charge is 2.31. The largest absolute Gasteiger partial charge is 0.495 e. The fourth-order valence-electron chi connectivity index (χ4n) is 1.91. The van der Waals surface area contributed by atoms with Gasteiger partial charge in [-0.1, -0.05) is 0 Å². The number of aromatic nitrogens is 3. The topological polar surface area (TPSA) is 98.1 Å². The summed E-state index contributed by atoms with van der Waals surface area (Å²) in [6.07, 6.45) is -3.32. The van der Waals surface area contributed by atoms with Crippen molar-refractivity contribution in [3.8, 4) is 5.75 Å². The molecule has 2 aromatic rings. The van der Waals surface area contributed by atoms with Gasteiger partial charge < -0.3 is 15.4 Å². The zero-order valence-corrected chi connectivity index (χ0v) is 13.2. The third-order valence-corrected chi connectivity index (χ3v) is 2.93. The van der Waals surface area contributed by atoms with Crippen LogP contribution in [0, 0.1) is 0 Å². The number of alkyl halides is 3. The molecule has 0 saturated carbocycles. The lowest BCUT2D eigenvalue weighted by Crippen LogP contribution is -2.21. The van der Waals surface area contributed by atoms with Crippen LogP contribution >= 0.6 is 0 Å². The zero-order chi connectivity index (χ0) is 18.6. The van der Waals surface area contributed by atoms with Crippen molar-refractivity contribution in [2.24, 2.45) is 0 Å². The summed E-state index contributed by atoms with van der Waals surface area (Å²) in [5, 5.41) is 12.3. The molecular weight excluding hydrogens is 343 g/mol. The van der Waals surface area contributed by atoms with Gasteiger partial charge in [-0.3, -0.25) is 9.59 Å². The molecule has 0 spiro atoms. The lowest BCUT2D eigenvalue weighted by Gasteiger charge is -2.13. The first-order chi connectivity index (χ1) is 11.7. The fraction of sp³-hybridized carbons (Fsp3) is 0.286. The maximum atomic E-state index is 12.8. The molecule has 25 heavy (non-hydrogen) atoms. The number of benzene rings is 1. The van der Waals surface area contributed by atoms with E-state index in [1.165, 1.54) is 20.2 Å². The first kappa shape index (κ1) is 18.2. The lowest BCUT2D eigenvalue weighted by atomic mass is 10.1. The molecule has 1 aromatic heterocycles. The van der Waals surface area contributed by atoms with Gasteiger partial charge in [-0.25, -0.2) is 0 Å². The molecule has 11 heteroatoms. The molecule has 2 rings (SSSR count). The summed E-state index contributed by atoms with van der Waals surface area (Å²) in [7, 11) is 1.27. The van der Waals surface area contributed by atoms with E-state index in [-0.39, 0.29) is 29.7 Å². The molecule has 1 heterocycles. The quantitative estimate of drug-likeness (QED) is 0.852. The number of carbonyl (C=O) groups is 2. The van der Waals surface area contributed by atoms with Crippen LogP contribution in [0.25, 0.3) is 0 Å². The number of hydrogen-bond acceptors (Lipinski definition) is 5. The number of ether oxygens (including phenoxy) is 1. The van der Waals surface area contributed by atoms with Crippen molar-refractivity contribution in [2.45, 2.75) is 19.6 Å². The first-order valence-corrected chi connectivity index (χ1v) is 6.92. The van der Waals surface area contributed by atoms with Crippen molar-refractivity contribution in [2.75, 3.05) is 17.7 Å². The Kier molecular flexibility index (Phi) is 5.25. The predicted octanol–water partition coefficient (Wildman–Crippen LogP) is 1.90. The highest BCUT2D eigenvalue weighted by molar-refractivity contribution is 5.92. The van der Waals surface area contributed by atoms with Gasteiger partial charge in [0.15, 0.2) is 5.82 Å². The molecule has 134 valence electrons. The van der Waals surface area contributed by atoms with Crippen molar-refractivity contribution >= 4 is 23.3 Å². The Labute approximate surface area is 140 Å². The molecular formula is C14H14F3N5O3. The minimum Gasteiger partial charge on any atom is -0.495 e. The zero-order valence-electron chi connectivity index (χ0n) is 13.2. The summed E-state index contributed by atoms with van der Waals surface area (Å²) in [6.45, 7) is 0.921. The monoisotopic (exact) mass is 357 g/mol. The lowest BCUT2D eigenvalue weighted by molar-refractivity contribution is -0.137. The predicted molar refractivity (Wildman–Crippen MR) is 81.0 cm³/mol. The number of methoxy groups -OCH3 is 1. The minimum absolute atomic E-state index is 0.0775. The average Bonchev–Trinajstić information content (AvgIpc) is 2.92. The first-order valence-electron chi connectivity index (χ1n) is 6.92. The van der Waals surface area contributed by atoms with Gasteiger partial charge in [0.2, 0.25) is 11.8 Å². The SMILES string of the molecule is COc1ccc(C(F)(F)F)cc1NC(=O)Cn1ncc(NC(C)=O)n1. The maximum absolute atomic E-state index is 12.8. The number of hydrogen-bond donors (Lipinski definition) is 2. The van der Waals surface area contributed by atoms with Crippen molar-refractivity contribution < 1.29 is 27.5 Å². The van der Waals surface area contributed by atoms with E-state index in [9.17, 15) is 22.8 Å². The van der Waals surface area contributed by atoms with Gasteiger partial charge in [-0.15, -0.1) is 5.10 Å². The van der Waals surface area contributed by atoms with E-state index in [0.29, 0.717) is 0 Å². The van der Waals surface area contributed by atoms with Gasteiger partial charge in [0, 0.05) is 6.92 Å². The molecule has 0 aliphatic heterocycles. The number of nitrogens with zero attached hydrogens (tertiary/aromatic N) is 3. The van der Waals surface area contributed by atoms with E-state index < -0.39 is 17.6 Å². The van der Waals surface area contributed by atoms with Gasteiger partial charge in [-0.05, 0) is 18.2 Å².